The van der Waals surface area contributed by atoms with Gasteiger partial charge in [-0.1, -0.05) is 35.2 Å². The summed E-state index contributed by atoms with van der Waals surface area (Å²) in [5.74, 6) is -0.441. The van der Waals surface area contributed by atoms with Crippen LogP contribution in [0.5, 0.6) is 0 Å². The van der Waals surface area contributed by atoms with Crippen LogP contribution in [0.4, 0.5) is 0 Å². The molecular formula is C14H17BrN2O3S. The van der Waals surface area contributed by atoms with Gasteiger partial charge in [0.1, 0.15) is 0 Å². The van der Waals surface area contributed by atoms with Crippen molar-refractivity contribution in [3.63, 3.8) is 0 Å². The highest BCUT2D eigenvalue weighted by Gasteiger charge is 2.46. The minimum Gasteiger partial charge on any atom is -0.268 e. The molecule has 0 radical (unpaired) electrons. The number of alkyl halides is 1. The number of sulfonamides is 1. The maximum Gasteiger partial charge on any atom is 0.285 e. The molecule has 0 unspecified atom stereocenters. The second-order valence-electron chi connectivity index (χ2n) is 5.87. The van der Waals surface area contributed by atoms with E-state index < -0.39 is 15.9 Å². The van der Waals surface area contributed by atoms with E-state index in [1.54, 1.807) is 6.07 Å². The Kier molecular flexibility index (Phi) is 3.81. The van der Waals surface area contributed by atoms with Crippen molar-refractivity contribution in [3.05, 3.63) is 23.9 Å². The Hall–Kier alpha value is -0.950. The van der Waals surface area contributed by atoms with Crippen molar-refractivity contribution in [2.45, 2.75) is 37.1 Å². The zero-order valence-corrected chi connectivity index (χ0v) is 14.0. The molecule has 0 bridgehead atoms. The molecule has 0 spiro atoms. The SMILES string of the molecule is O=C1c2cccnc2S(=O)(=O)N1CC1(CBr)CCCCC1. The summed E-state index contributed by atoms with van der Waals surface area (Å²) >= 11 is 3.52. The number of hydrogen-bond acceptors (Lipinski definition) is 4. The number of carbonyl (C=O) groups is 1. The summed E-state index contributed by atoms with van der Waals surface area (Å²) in [6.07, 6.45) is 6.64. The number of rotatable bonds is 3. The number of pyridine rings is 1. The van der Waals surface area contributed by atoms with E-state index in [2.05, 4.69) is 20.9 Å². The highest BCUT2D eigenvalue weighted by molar-refractivity contribution is 9.09. The highest BCUT2D eigenvalue weighted by atomic mass is 79.9. The van der Waals surface area contributed by atoms with Gasteiger partial charge in [-0.05, 0) is 30.4 Å². The van der Waals surface area contributed by atoms with Crippen LogP contribution in [0.1, 0.15) is 42.5 Å². The van der Waals surface area contributed by atoms with Crippen LogP contribution >= 0.6 is 15.9 Å². The molecule has 0 saturated heterocycles. The first kappa shape index (κ1) is 15.0. The Morgan fingerprint density at radius 3 is 2.62 bits per heavy atom. The molecule has 0 aromatic carbocycles. The Balaban J connectivity index is 1.95. The van der Waals surface area contributed by atoms with E-state index in [-0.39, 0.29) is 22.5 Å². The van der Waals surface area contributed by atoms with Crippen molar-refractivity contribution in [3.8, 4) is 0 Å². The van der Waals surface area contributed by atoms with Crippen molar-refractivity contribution in [1.82, 2.24) is 9.29 Å². The van der Waals surface area contributed by atoms with Gasteiger partial charge in [-0.15, -0.1) is 0 Å². The summed E-state index contributed by atoms with van der Waals surface area (Å²) in [6, 6.07) is 3.13. The van der Waals surface area contributed by atoms with Gasteiger partial charge in [-0.25, -0.2) is 9.29 Å². The molecule has 0 N–H and O–H groups in total. The Bertz CT molecular complexity index is 669. The molecule has 3 rings (SSSR count). The lowest BCUT2D eigenvalue weighted by Gasteiger charge is -2.38. The van der Waals surface area contributed by atoms with E-state index in [1.807, 2.05) is 0 Å². The summed E-state index contributed by atoms with van der Waals surface area (Å²) in [7, 11) is -3.79. The number of amides is 1. The first-order chi connectivity index (χ1) is 10.0. The largest absolute Gasteiger partial charge is 0.285 e. The van der Waals surface area contributed by atoms with Gasteiger partial charge in [0, 0.05) is 18.1 Å². The average Bonchev–Trinajstić information content (AvgIpc) is 2.70. The van der Waals surface area contributed by atoms with E-state index in [0.29, 0.717) is 5.33 Å². The number of aromatic nitrogens is 1. The summed E-state index contributed by atoms with van der Waals surface area (Å²) in [4.78, 5) is 16.3. The summed E-state index contributed by atoms with van der Waals surface area (Å²) in [6.45, 7) is 0.246. The number of carbonyl (C=O) groups excluding carboxylic acids is 1. The quantitative estimate of drug-likeness (QED) is 0.764. The van der Waals surface area contributed by atoms with E-state index in [0.717, 1.165) is 30.0 Å². The van der Waals surface area contributed by atoms with Gasteiger partial charge in [0.2, 0.25) is 0 Å². The third-order valence-electron chi connectivity index (χ3n) is 4.44. The molecule has 7 heteroatoms. The fourth-order valence-corrected chi connectivity index (χ4v) is 5.54. The van der Waals surface area contributed by atoms with Gasteiger partial charge in [-0.2, -0.15) is 8.42 Å². The highest BCUT2D eigenvalue weighted by Crippen LogP contribution is 2.41. The van der Waals surface area contributed by atoms with Crippen molar-refractivity contribution in [1.29, 1.82) is 0 Å². The van der Waals surface area contributed by atoms with Crippen LogP contribution < -0.4 is 0 Å². The van der Waals surface area contributed by atoms with E-state index in [4.69, 9.17) is 0 Å². The van der Waals surface area contributed by atoms with Gasteiger partial charge < -0.3 is 0 Å². The van der Waals surface area contributed by atoms with Gasteiger partial charge in [-0.3, -0.25) is 4.79 Å². The summed E-state index contributed by atoms with van der Waals surface area (Å²) in [5.41, 5.74) is 0.0428. The number of fused-ring (bicyclic) bond motifs is 1. The topological polar surface area (TPSA) is 67.3 Å². The van der Waals surface area contributed by atoms with Crippen molar-refractivity contribution >= 4 is 31.9 Å². The van der Waals surface area contributed by atoms with Crippen LogP contribution in [0.25, 0.3) is 0 Å². The zero-order valence-electron chi connectivity index (χ0n) is 11.6. The van der Waals surface area contributed by atoms with Gasteiger partial charge in [0.15, 0.2) is 5.03 Å². The van der Waals surface area contributed by atoms with Crippen LogP contribution in [0.3, 0.4) is 0 Å². The lowest BCUT2D eigenvalue weighted by Crippen LogP contribution is -2.43. The minimum absolute atomic E-state index is 0.101. The van der Waals surface area contributed by atoms with Crippen molar-refractivity contribution in [2.75, 3.05) is 11.9 Å². The fourth-order valence-electron chi connectivity index (χ4n) is 3.20. The van der Waals surface area contributed by atoms with Crippen LogP contribution in [0, 0.1) is 5.41 Å². The van der Waals surface area contributed by atoms with Gasteiger partial charge in [0.25, 0.3) is 15.9 Å². The minimum atomic E-state index is -3.79. The molecule has 1 fully saturated rings. The molecule has 1 amide bonds. The molecule has 2 aliphatic rings. The normalized spacial score (nSPS) is 23.1. The first-order valence-corrected chi connectivity index (χ1v) is 9.64. The van der Waals surface area contributed by atoms with Gasteiger partial charge in [0.05, 0.1) is 5.56 Å². The first-order valence-electron chi connectivity index (χ1n) is 7.08. The molecule has 21 heavy (non-hydrogen) atoms. The van der Waals surface area contributed by atoms with E-state index in [1.165, 1.54) is 18.7 Å². The van der Waals surface area contributed by atoms with Crippen LogP contribution in [0.2, 0.25) is 0 Å². The molecule has 1 aliphatic carbocycles. The van der Waals surface area contributed by atoms with E-state index in [9.17, 15) is 13.2 Å². The monoisotopic (exact) mass is 372 g/mol. The number of halogens is 1. The molecule has 5 nitrogen and oxygen atoms in total. The summed E-state index contributed by atoms with van der Waals surface area (Å²) in [5, 5.41) is 0.610. The lowest BCUT2D eigenvalue weighted by molar-refractivity contribution is 0.0801. The van der Waals surface area contributed by atoms with Crippen LogP contribution in [-0.4, -0.2) is 35.5 Å². The Morgan fingerprint density at radius 2 is 2.00 bits per heavy atom. The zero-order chi connectivity index (χ0) is 15.1. The fraction of sp³-hybridized carbons (Fsp3) is 0.571. The Morgan fingerprint density at radius 1 is 1.29 bits per heavy atom. The predicted molar refractivity (Wildman–Crippen MR) is 81.8 cm³/mol. The maximum atomic E-state index is 12.6. The van der Waals surface area contributed by atoms with Crippen LogP contribution in [-0.2, 0) is 10.0 Å². The molecule has 114 valence electrons. The Labute approximate surface area is 132 Å². The standard InChI is InChI=1S/C14H17BrN2O3S/c15-9-14(6-2-1-3-7-14)10-17-13(18)11-5-4-8-16-12(11)21(17,19)20/h4-5,8H,1-3,6-7,9-10H2. The lowest BCUT2D eigenvalue weighted by atomic mass is 9.75. The number of nitrogens with zero attached hydrogens (tertiary/aromatic N) is 2. The average molecular weight is 373 g/mol. The second-order valence-corrected chi connectivity index (χ2v) is 8.21. The predicted octanol–water partition coefficient (Wildman–Crippen LogP) is 2.57. The summed E-state index contributed by atoms with van der Waals surface area (Å²) < 4.78 is 26.1. The third kappa shape index (κ3) is 2.40. The number of hydrogen-bond donors (Lipinski definition) is 0. The van der Waals surface area contributed by atoms with E-state index >= 15 is 0 Å². The molecule has 1 saturated carbocycles. The smallest absolute Gasteiger partial charge is 0.268 e. The van der Waals surface area contributed by atoms with Crippen molar-refractivity contribution in [2.24, 2.45) is 5.41 Å². The molecule has 0 atom stereocenters. The molecule has 2 heterocycles. The van der Waals surface area contributed by atoms with Crippen molar-refractivity contribution < 1.29 is 13.2 Å². The van der Waals surface area contributed by atoms with Gasteiger partial charge >= 0.3 is 0 Å². The maximum absolute atomic E-state index is 12.6. The second kappa shape index (κ2) is 5.35. The molecule has 1 aliphatic heterocycles. The van der Waals surface area contributed by atoms with Crippen LogP contribution in [0.15, 0.2) is 23.4 Å². The molecule has 1 aromatic heterocycles. The molecular weight excluding hydrogens is 356 g/mol. The molecule has 1 aromatic rings. The third-order valence-corrected chi connectivity index (χ3v) is 7.32.